The maximum Gasteiger partial charge on any atom is 0.255 e. The van der Waals surface area contributed by atoms with Crippen molar-refractivity contribution >= 4 is 34.6 Å². The number of aryl methyl sites for hydroxylation is 3. The van der Waals surface area contributed by atoms with E-state index in [1.165, 1.54) is 0 Å². The van der Waals surface area contributed by atoms with Gasteiger partial charge in [-0.15, -0.1) is 0 Å². The number of nitrogens with one attached hydrogen (secondary N) is 2. The van der Waals surface area contributed by atoms with Crippen molar-refractivity contribution in [2.24, 2.45) is 0 Å². The molecule has 1 aromatic carbocycles. The Labute approximate surface area is 199 Å². The van der Waals surface area contributed by atoms with Crippen molar-refractivity contribution in [1.82, 2.24) is 19.9 Å². The zero-order chi connectivity index (χ0) is 24.7. The SMILES string of the molecule is Cc1ccc2c(C)nc(Nc3nc(C)c(C)c(=O)[nH]3)nc2c1S[C@@H]1OC(CO)[C@@H](O)[C@H](O)C1O. The monoisotopic (exact) mass is 489 g/mol. The molecular weight excluding hydrogens is 462 g/mol. The summed E-state index contributed by atoms with van der Waals surface area (Å²) in [6.45, 7) is 6.61. The first-order chi connectivity index (χ1) is 16.1. The summed E-state index contributed by atoms with van der Waals surface area (Å²) in [6, 6.07) is 3.78. The van der Waals surface area contributed by atoms with Crippen LogP contribution in [0.25, 0.3) is 10.9 Å². The van der Waals surface area contributed by atoms with E-state index in [0.717, 1.165) is 22.7 Å². The first-order valence-corrected chi connectivity index (χ1v) is 11.6. The summed E-state index contributed by atoms with van der Waals surface area (Å²) in [5.74, 6) is 0.431. The second-order valence-electron chi connectivity index (χ2n) is 8.31. The van der Waals surface area contributed by atoms with E-state index in [-0.39, 0.29) is 17.5 Å². The van der Waals surface area contributed by atoms with Crippen molar-refractivity contribution in [3.8, 4) is 0 Å². The van der Waals surface area contributed by atoms with Gasteiger partial charge in [0.1, 0.15) is 29.9 Å². The Hall–Kier alpha value is -2.61. The van der Waals surface area contributed by atoms with Crippen molar-refractivity contribution in [3.63, 3.8) is 0 Å². The van der Waals surface area contributed by atoms with Crippen LogP contribution in [0.4, 0.5) is 11.9 Å². The molecule has 2 unspecified atom stereocenters. The van der Waals surface area contributed by atoms with Gasteiger partial charge in [0.15, 0.2) is 0 Å². The molecule has 1 aliphatic rings. The Morgan fingerprint density at radius 1 is 1.03 bits per heavy atom. The molecule has 0 saturated carbocycles. The molecule has 3 aromatic rings. The molecule has 34 heavy (non-hydrogen) atoms. The Bertz CT molecular complexity index is 1280. The van der Waals surface area contributed by atoms with Gasteiger partial charge in [0.2, 0.25) is 11.9 Å². The van der Waals surface area contributed by atoms with E-state index >= 15 is 0 Å². The van der Waals surface area contributed by atoms with E-state index in [9.17, 15) is 25.2 Å². The number of aliphatic hydroxyl groups excluding tert-OH is 4. The van der Waals surface area contributed by atoms with Gasteiger partial charge >= 0.3 is 0 Å². The van der Waals surface area contributed by atoms with Crippen LogP contribution in [0.2, 0.25) is 0 Å². The highest BCUT2D eigenvalue weighted by Crippen LogP contribution is 2.39. The molecule has 0 aliphatic carbocycles. The number of rotatable bonds is 5. The van der Waals surface area contributed by atoms with Gasteiger partial charge in [0.25, 0.3) is 5.56 Å². The highest BCUT2D eigenvalue weighted by molar-refractivity contribution is 8.00. The Balaban J connectivity index is 1.73. The van der Waals surface area contributed by atoms with Crippen LogP contribution in [0.1, 0.15) is 22.5 Å². The van der Waals surface area contributed by atoms with E-state index in [1.807, 2.05) is 26.0 Å². The van der Waals surface area contributed by atoms with Crippen LogP contribution in [-0.4, -0.2) is 76.8 Å². The summed E-state index contributed by atoms with van der Waals surface area (Å²) in [5, 5.41) is 44.0. The average Bonchev–Trinajstić information content (AvgIpc) is 2.79. The zero-order valence-corrected chi connectivity index (χ0v) is 19.9. The fraction of sp³-hybridized carbons (Fsp3) is 0.455. The summed E-state index contributed by atoms with van der Waals surface area (Å²) >= 11 is 1.14. The molecule has 4 rings (SSSR count). The van der Waals surface area contributed by atoms with E-state index in [4.69, 9.17) is 4.74 Å². The number of thioether (sulfide) groups is 1. The number of aromatic nitrogens is 4. The second kappa shape index (κ2) is 9.56. The lowest BCUT2D eigenvalue weighted by Crippen LogP contribution is -2.57. The normalized spacial score (nSPS) is 25.0. The number of aromatic amines is 1. The van der Waals surface area contributed by atoms with Crippen molar-refractivity contribution in [2.45, 2.75) is 62.4 Å². The van der Waals surface area contributed by atoms with Crippen molar-refractivity contribution in [1.29, 1.82) is 0 Å². The minimum Gasteiger partial charge on any atom is -0.394 e. The Morgan fingerprint density at radius 2 is 1.76 bits per heavy atom. The van der Waals surface area contributed by atoms with Gasteiger partial charge < -0.3 is 25.2 Å². The number of H-pyrrole nitrogens is 1. The molecule has 0 radical (unpaired) electrons. The number of hydrogen-bond acceptors (Lipinski definition) is 11. The maximum atomic E-state index is 12.1. The van der Waals surface area contributed by atoms with Gasteiger partial charge in [-0.05, 0) is 33.3 Å². The van der Waals surface area contributed by atoms with Gasteiger partial charge in [0, 0.05) is 21.5 Å². The summed E-state index contributed by atoms with van der Waals surface area (Å²) in [4.78, 5) is 28.9. The summed E-state index contributed by atoms with van der Waals surface area (Å²) in [5.41, 5.74) is 1.98. The average molecular weight is 490 g/mol. The van der Waals surface area contributed by atoms with Gasteiger partial charge in [0.05, 0.1) is 17.8 Å². The molecule has 1 aliphatic heterocycles. The number of nitrogens with zero attached hydrogens (tertiary/aromatic N) is 3. The van der Waals surface area contributed by atoms with Crippen LogP contribution in [0.3, 0.4) is 0 Å². The maximum absolute atomic E-state index is 12.1. The minimum atomic E-state index is -1.47. The molecule has 0 bridgehead atoms. The fourth-order valence-electron chi connectivity index (χ4n) is 3.72. The van der Waals surface area contributed by atoms with Crippen molar-refractivity contribution in [3.05, 3.63) is 45.0 Å². The molecule has 0 amide bonds. The van der Waals surface area contributed by atoms with Crippen LogP contribution < -0.4 is 10.9 Å². The highest BCUT2D eigenvalue weighted by atomic mass is 32.2. The van der Waals surface area contributed by atoms with E-state index in [1.54, 1.807) is 13.8 Å². The highest BCUT2D eigenvalue weighted by Gasteiger charge is 2.44. The quantitative estimate of drug-likeness (QED) is 0.296. The van der Waals surface area contributed by atoms with E-state index < -0.39 is 36.5 Å². The topological polar surface area (TPSA) is 174 Å². The number of aliphatic hydroxyl groups is 4. The zero-order valence-electron chi connectivity index (χ0n) is 19.1. The predicted octanol–water partition coefficient (Wildman–Crippen LogP) is 0.582. The molecule has 1 fully saturated rings. The molecule has 6 N–H and O–H groups in total. The van der Waals surface area contributed by atoms with Gasteiger partial charge in [-0.2, -0.15) is 0 Å². The van der Waals surface area contributed by atoms with Gasteiger partial charge in [-0.25, -0.2) is 15.0 Å². The van der Waals surface area contributed by atoms with Gasteiger partial charge in [-0.1, -0.05) is 23.9 Å². The summed E-state index contributed by atoms with van der Waals surface area (Å²) in [7, 11) is 0. The Morgan fingerprint density at radius 3 is 2.44 bits per heavy atom. The van der Waals surface area contributed by atoms with E-state index in [2.05, 4.69) is 25.3 Å². The molecule has 12 heteroatoms. The number of hydrogen-bond donors (Lipinski definition) is 6. The third-order valence-electron chi connectivity index (χ3n) is 5.92. The van der Waals surface area contributed by atoms with Crippen LogP contribution in [0.15, 0.2) is 21.8 Å². The third kappa shape index (κ3) is 4.52. The molecule has 2 aromatic heterocycles. The largest absolute Gasteiger partial charge is 0.394 e. The molecule has 5 atom stereocenters. The molecule has 11 nitrogen and oxygen atoms in total. The van der Waals surface area contributed by atoms with Crippen LogP contribution in [0.5, 0.6) is 0 Å². The first-order valence-electron chi connectivity index (χ1n) is 10.7. The van der Waals surface area contributed by atoms with Crippen molar-refractivity contribution < 1.29 is 25.2 Å². The third-order valence-corrected chi connectivity index (χ3v) is 7.29. The molecule has 182 valence electrons. The minimum absolute atomic E-state index is 0.211. The first kappa shape index (κ1) is 24.5. The molecular formula is C22H27N5O6S. The van der Waals surface area contributed by atoms with Crippen LogP contribution in [0, 0.1) is 27.7 Å². The lowest BCUT2D eigenvalue weighted by molar-refractivity contribution is -0.205. The van der Waals surface area contributed by atoms with E-state index in [0.29, 0.717) is 27.4 Å². The summed E-state index contributed by atoms with van der Waals surface area (Å²) < 4.78 is 5.68. The molecule has 3 heterocycles. The Kier molecular flexibility index (Phi) is 6.90. The number of benzene rings is 1. The lowest BCUT2D eigenvalue weighted by atomic mass is 10.0. The molecule has 1 saturated heterocycles. The van der Waals surface area contributed by atoms with Crippen LogP contribution >= 0.6 is 11.8 Å². The number of fused-ring (bicyclic) bond motifs is 1. The van der Waals surface area contributed by atoms with Crippen LogP contribution in [-0.2, 0) is 4.74 Å². The predicted molar refractivity (Wildman–Crippen MR) is 126 cm³/mol. The second-order valence-corrected chi connectivity index (χ2v) is 9.41. The smallest absolute Gasteiger partial charge is 0.255 e. The van der Waals surface area contributed by atoms with Crippen molar-refractivity contribution in [2.75, 3.05) is 11.9 Å². The molecule has 0 spiro atoms. The number of anilines is 2. The van der Waals surface area contributed by atoms with Gasteiger partial charge in [-0.3, -0.25) is 15.1 Å². The lowest BCUT2D eigenvalue weighted by Gasteiger charge is -2.39. The summed E-state index contributed by atoms with van der Waals surface area (Å²) in [6.07, 6.45) is -5.30. The standard InChI is InChI=1S/C22H27N5O6S/c1-8-5-6-12-11(4)24-21(27-22-23-10(3)9(2)19(32)26-22)25-14(12)18(8)34-20-17(31)16(30)15(29)13(7-28)33-20/h5-6,13,15-17,20,28-31H,7H2,1-4H3,(H2,23,24,25,26,27,32)/t13?,15-,16+,17?,20+/m1/s1. The number of ether oxygens (including phenoxy) is 1. The fourth-order valence-corrected chi connectivity index (χ4v) is 4.97.